The third-order valence-corrected chi connectivity index (χ3v) is 4.55. The normalized spacial score (nSPS) is 15.4. The highest BCUT2D eigenvalue weighted by Crippen LogP contribution is 2.23. The molecule has 1 aliphatic rings. The molecule has 0 amide bonds. The van der Waals surface area contributed by atoms with Crippen molar-refractivity contribution in [2.45, 2.75) is 39.0 Å². The van der Waals surface area contributed by atoms with E-state index in [0.717, 1.165) is 43.0 Å². The molecule has 1 aromatic carbocycles. The van der Waals surface area contributed by atoms with Gasteiger partial charge in [-0.3, -0.25) is 0 Å². The molecule has 136 valence electrons. The Kier molecular flexibility index (Phi) is 5.08. The minimum absolute atomic E-state index is 0.302. The van der Waals surface area contributed by atoms with Crippen molar-refractivity contribution in [2.24, 2.45) is 0 Å². The summed E-state index contributed by atoms with van der Waals surface area (Å²) in [5.41, 5.74) is 3.61. The SMILES string of the molecule is Cc1noc2ncnc(NCc3cccc(COC4CCOCC4)c3)c12. The lowest BCUT2D eigenvalue weighted by Gasteiger charge is -2.22. The molecule has 7 heteroatoms. The number of rotatable bonds is 6. The Morgan fingerprint density at radius 2 is 2.04 bits per heavy atom. The standard InChI is InChI=1S/C19H22N4O3/c1-13-17-18(21-12-22-19(17)26-23-13)20-10-14-3-2-4-15(9-14)11-25-16-5-7-24-8-6-16/h2-4,9,12,16H,5-8,10-11H2,1H3,(H,20,21,22). The second kappa shape index (κ2) is 7.80. The first-order valence-corrected chi connectivity index (χ1v) is 8.87. The van der Waals surface area contributed by atoms with Gasteiger partial charge in [0.2, 0.25) is 0 Å². The van der Waals surface area contributed by atoms with E-state index in [1.54, 1.807) is 0 Å². The molecule has 26 heavy (non-hydrogen) atoms. The number of fused-ring (bicyclic) bond motifs is 1. The minimum Gasteiger partial charge on any atom is -0.381 e. The van der Waals surface area contributed by atoms with Crippen molar-refractivity contribution < 1.29 is 14.0 Å². The Bertz CT molecular complexity index is 874. The summed E-state index contributed by atoms with van der Waals surface area (Å²) in [6.45, 7) is 4.76. The molecule has 3 aromatic rings. The molecule has 1 aliphatic heterocycles. The summed E-state index contributed by atoms with van der Waals surface area (Å²) in [4.78, 5) is 8.41. The summed E-state index contributed by atoms with van der Waals surface area (Å²) in [5.74, 6) is 0.734. The van der Waals surface area contributed by atoms with Crippen LogP contribution in [0.15, 0.2) is 35.1 Å². The van der Waals surface area contributed by atoms with Gasteiger partial charge < -0.3 is 19.3 Å². The molecule has 0 saturated carbocycles. The molecule has 2 aromatic heterocycles. The highest BCUT2D eigenvalue weighted by atomic mass is 16.5. The van der Waals surface area contributed by atoms with Crippen LogP contribution in [-0.2, 0) is 22.6 Å². The molecule has 0 unspecified atom stereocenters. The van der Waals surface area contributed by atoms with Crippen molar-refractivity contribution in [2.75, 3.05) is 18.5 Å². The summed E-state index contributed by atoms with van der Waals surface area (Å²) >= 11 is 0. The molecule has 1 saturated heterocycles. The zero-order chi connectivity index (χ0) is 17.8. The predicted molar refractivity (Wildman–Crippen MR) is 96.7 cm³/mol. The Hall–Kier alpha value is -2.51. The zero-order valence-corrected chi connectivity index (χ0v) is 14.8. The second-order valence-corrected chi connectivity index (χ2v) is 6.47. The minimum atomic E-state index is 0.302. The maximum Gasteiger partial charge on any atom is 0.263 e. The van der Waals surface area contributed by atoms with E-state index in [1.165, 1.54) is 17.5 Å². The summed E-state index contributed by atoms with van der Waals surface area (Å²) in [6, 6.07) is 8.39. The molecule has 0 spiro atoms. The van der Waals surface area contributed by atoms with E-state index in [2.05, 4.69) is 44.7 Å². The molecule has 0 radical (unpaired) electrons. The number of hydrogen-bond donors (Lipinski definition) is 1. The number of aromatic nitrogens is 3. The van der Waals surface area contributed by atoms with Gasteiger partial charge >= 0.3 is 0 Å². The molecular formula is C19H22N4O3. The van der Waals surface area contributed by atoms with E-state index in [-0.39, 0.29) is 0 Å². The third kappa shape index (κ3) is 3.84. The van der Waals surface area contributed by atoms with Gasteiger partial charge in [-0.15, -0.1) is 0 Å². The zero-order valence-electron chi connectivity index (χ0n) is 14.8. The average Bonchev–Trinajstić information content (AvgIpc) is 3.08. The van der Waals surface area contributed by atoms with E-state index < -0.39 is 0 Å². The van der Waals surface area contributed by atoms with Crippen LogP contribution in [0.5, 0.6) is 0 Å². The molecule has 0 atom stereocenters. The van der Waals surface area contributed by atoms with E-state index in [4.69, 9.17) is 14.0 Å². The summed E-state index contributed by atoms with van der Waals surface area (Å²) in [5, 5.41) is 8.13. The highest BCUT2D eigenvalue weighted by molar-refractivity contribution is 5.87. The lowest BCUT2D eigenvalue weighted by Crippen LogP contribution is -2.23. The molecule has 0 bridgehead atoms. The Balaban J connectivity index is 1.39. The highest BCUT2D eigenvalue weighted by Gasteiger charge is 2.14. The van der Waals surface area contributed by atoms with Crippen molar-refractivity contribution in [3.8, 4) is 0 Å². The first-order chi connectivity index (χ1) is 12.8. The fraction of sp³-hybridized carbons (Fsp3) is 0.421. The van der Waals surface area contributed by atoms with Gasteiger partial charge in [0.05, 0.1) is 18.4 Å². The second-order valence-electron chi connectivity index (χ2n) is 6.47. The molecule has 4 rings (SSSR count). The van der Waals surface area contributed by atoms with Gasteiger partial charge in [0.1, 0.15) is 17.5 Å². The van der Waals surface area contributed by atoms with E-state index in [9.17, 15) is 0 Å². The fourth-order valence-electron chi connectivity index (χ4n) is 3.13. The first kappa shape index (κ1) is 16.9. The van der Waals surface area contributed by atoms with Crippen molar-refractivity contribution >= 4 is 16.9 Å². The summed E-state index contributed by atoms with van der Waals surface area (Å²) in [7, 11) is 0. The number of nitrogens with one attached hydrogen (secondary N) is 1. The molecular weight excluding hydrogens is 332 g/mol. The summed E-state index contributed by atoms with van der Waals surface area (Å²) < 4.78 is 16.6. The number of anilines is 1. The number of benzene rings is 1. The predicted octanol–water partition coefficient (Wildman–Crippen LogP) is 3.23. The van der Waals surface area contributed by atoms with Crippen LogP contribution in [0, 0.1) is 6.92 Å². The Morgan fingerprint density at radius 3 is 2.92 bits per heavy atom. The Labute approximate surface area is 151 Å². The molecule has 0 aliphatic carbocycles. The summed E-state index contributed by atoms with van der Waals surface area (Å²) in [6.07, 6.45) is 3.73. The number of nitrogens with zero attached hydrogens (tertiary/aromatic N) is 3. The maximum atomic E-state index is 6.01. The van der Waals surface area contributed by atoms with E-state index in [1.807, 2.05) is 6.92 Å². The van der Waals surface area contributed by atoms with Crippen LogP contribution in [-0.4, -0.2) is 34.4 Å². The number of hydrogen-bond acceptors (Lipinski definition) is 7. The van der Waals surface area contributed by atoms with Crippen LogP contribution in [0.4, 0.5) is 5.82 Å². The van der Waals surface area contributed by atoms with Crippen LogP contribution in [0.1, 0.15) is 29.7 Å². The maximum absolute atomic E-state index is 6.01. The largest absolute Gasteiger partial charge is 0.381 e. The lowest BCUT2D eigenvalue weighted by atomic mass is 10.1. The fourth-order valence-corrected chi connectivity index (χ4v) is 3.13. The average molecular weight is 354 g/mol. The lowest BCUT2D eigenvalue weighted by molar-refractivity contribution is -0.0390. The van der Waals surface area contributed by atoms with Crippen LogP contribution in [0.25, 0.3) is 11.1 Å². The van der Waals surface area contributed by atoms with Crippen molar-refractivity contribution in [1.82, 2.24) is 15.1 Å². The van der Waals surface area contributed by atoms with E-state index in [0.29, 0.717) is 25.0 Å². The van der Waals surface area contributed by atoms with Crippen LogP contribution in [0.3, 0.4) is 0 Å². The van der Waals surface area contributed by atoms with Crippen LogP contribution >= 0.6 is 0 Å². The van der Waals surface area contributed by atoms with Crippen molar-refractivity contribution in [3.05, 3.63) is 47.4 Å². The molecule has 1 N–H and O–H groups in total. The van der Waals surface area contributed by atoms with Gasteiger partial charge in [-0.2, -0.15) is 4.98 Å². The quantitative estimate of drug-likeness (QED) is 0.727. The van der Waals surface area contributed by atoms with Gasteiger partial charge in [0.25, 0.3) is 5.71 Å². The van der Waals surface area contributed by atoms with Gasteiger partial charge in [-0.1, -0.05) is 29.4 Å². The number of ether oxygens (including phenoxy) is 2. The van der Waals surface area contributed by atoms with Crippen LogP contribution in [0.2, 0.25) is 0 Å². The van der Waals surface area contributed by atoms with Gasteiger partial charge in [-0.05, 0) is 30.9 Å². The third-order valence-electron chi connectivity index (χ3n) is 4.55. The van der Waals surface area contributed by atoms with Crippen LogP contribution < -0.4 is 5.32 Å². The molecule has 3 heterocycles. The van der Waals surface area contributed by atoms with Gasteiger partial charge in [0, 0.05) is 19.8 Å². The van der Waals surface area contributed by atoms with Gasteiger partial charge in [0.15, 0.2) is 0 Å². The van der Waals surface area contributed by atoms with E-state index >= 15 is 0 Å². The van der Waals surface area contributed by atoms with Gasteiger partial charge in [-0.25, -0.2) is 4.98 Å². The molecule has 7 nitrogen and oxygen atoms in total. The van der Waals surface area contributed by atoms with Crippen molar-refractivity contribution in [3.63, 3.8) is 0 Å². The Morgan fingerprint density at radius 1 is 1.19 bits per heavy atom. The van der Waals surface area contributed by atoms with Crippen molar-refractivity contribution in [1.29, 1.82) is 0 Å². The number of aryl methyl sites for hydroxylation is 1. The first-order valence-electron chi connectivity index (χ1n) is 8.87. The smallest absolute Gasteiger partial charge is 0.263 e. The topological polar surface area (TPSA) is 82.3 Å². The molecule has 1 fully saturated rings. The monoisotopic (exact) mass is 354 g/mol.